The molecule has 2 aliphatic rings. The predicted molar refractivity (Wildman–Crippen MR) is 87.1 cm³/mol. The zero-order valence-electron chi connectivity index (χ0n) is 13.7. The van der Waals surface area contributed by atoms with Gasteiger partial charge in [-0.3, -0.25) is 4.79 Å². The number of hydrogen-bond acceptors (Lipinski definition) is 3. The molecule has 2 saturated heterocycles. The van der Waals surface area contributed by atoms with Crippen LogP contribution in [0.1, 0.15) is 31.2 Å². The Labute approximate surface area is 141 Å². The number of halogens is 1. The summed E-state index contributed by atoms with van der Waals surface area (Å²) in [6.45, 7) is 2.49. The highest BCUT2D eigenvalue weighted by atomic mass is 19.1. The number of piperidine rings is 1. The number of carboxylic acids is 1. The number of aliphatic carboxylic acids is 1. The van der Waals surface area contributed by atoms with Crippen molar-refractivity contribution in [3.05, 3.63) is 35.6 Å². The first-order valence-corrected chi connectivity index (χ1v) is 8.55. The number of amides is 1. The molecule has 3 rings (SSSR count). The minimum absolute atomic E-state index is 0.0376. The molecule has 1 aromatic rings. The fourth-order valence-electron chi connectivity index (χ4n) is 3.84. The molecule has 130 valence electrons. The van der Waals surface area contributed by atoms with Crippen molar-refractivity contribution in [2.45, 2.75) is 44.2 Å². The van der Waals surface area contributed by atoms with E-state index in [1.807, 2.05) is 0 Å². The molecule has 0 radical (unpaired) electrons. The van der Waals surface area contributed by atoms with Crippen LogP contribution in [-0.4, -0.2) is 58.5 Å². The van der Waals surface area contributed by atoms with Gasteiger partial charge in [-0.2, -0.15) is 0 Å². The molecule has 0 aliphatic carbocycles. The number of likely N-dealkylation sites (tertiary alicyclic amines) is 2. The second-order valence-electron chi connectivity index (χ2n) is 6.67. The maximum Gasteiger partial charge on any atom is 0.326 e. The Hall–Kier alpha value is -1.95. The van der Waals surface area contributed by atoms with Gasteiger partial charge >= 0.3 is 5.97 Å². The van der Waals surface area contributed by atoms with Crippen LogP contribution in [0.25, 0.3) is 0 Å². The number of benzene rings is 1. The van der Waals surface area contributed by atoms with Crippen molar-refractivity contribution < 1.29 is 19.1 Å². The lowest BCUT2D eigenvalue weighted by Crippen LogP contribution is -2.54. The highest BCUT2D eigenvalue weighted by molar-refractivity contribution is 5.85. The van der Waals surface area contributed by atoms with E-state index in [1.165, 1.54) is 17.0 Å². The van der Waals surface area contributed by atoms with Crippen LogP contribution in [0.4, 0.5) is 4.39 Å². The summed E-state index contributed by atoms with van der Waals surface area (Å²) >= 11 is 0. The van der Waals surface area contributed by atoms with E-state index in [9.17, 15) is 19.1 Å². The van der Waals surface area contributed by atoms with Crippen LogP contribution in [0.5, 0.6) is 0 Å². The number of rotatable bonds is 4. The molecule has 0 bridgehead atoms. The van der Waals surface area contributed by atoms with Gasteiger partial charge in [0.25, 0.3) is 0 Å². The van der Waals surface area contributed by atoms with Gasteiger partial charge in [0.2, 0.25) is 5.91 Å². The van der Waals surface area contributed by atoms with Crippen molar-refractivity contribution in [2.24, 2.45) is 0 Å². The topological polar surface area (TPSA) is 60.9 Å². The van der Waals surface area contributed by atoms with Crippen molar-refractivity contribution in [1.82, 2.24) is 9.80 Å². The summed E-state index contributed by atoms with van der Waals surface area (Å²) in [6.07, 6.45) is 3.64. The summed E-state index contributed by atoms with van der Waals surface area (Å²) in [5.41, 5.74) is 0.575. The third kappa shape index (κ3) is 3.75. The Morgan fingerprint density at radius 2 is 1.96 bits per heavy atom. The van der Waals surface area contributed by atoms with Crippen LogP contribution in [0.2, 0.25) is 0 Å². The van der Waals surface area contributed by atoms with Gasteiger partial charge < -0.3 is 14.9 Å². The number of hydrogen-bond donors (Lipinski definition) is 1. The summed E-state index contributed by atoms with van der Waals surface area (Å²) in [6, 6.07) is 5.36. The van der Waals surface area contributed by atoms with Crippen molar-refractivity contribution in [2.75, 3.05) is 19.6 Å². The number of carbonyl (C=O) groups excluding carboxylic acids is 1. The second kappa shape index (κ2) is 7.30. The number of carbonyl (C=O) groups is 2. The molecule has 1 aromatic carbocycles. The molecule has 1 N–H and O–H groups in total. The van der Waals surface area contributed by atoms with Gasteiger partial charge in [-0.15, -0.1) is 0 Å². The average molecular weight is 334 g/mol. The van der Waals surface area contributed by atoms with Gasteiger partial charge in [0.05, 0.1) is 6.42 Å². The van der Waals surface area contributed by atoms with Crippen LogP contribution >= 0.6 is 0 Å². The zero-order valence-corrected chi connectivity index (χ0v) is 13.7. The Balaban J connectivity index is 1.67. The second-order valence-corrected chi connectivity index (χ2v) is 6.67. The fourth-order valence-corrected chi connectivity index (χ4v) is 3.84. The maximum absolute atomic E-state index is 13.3. The number of nitrogens with zero attached hydrogens (tertiary/aromatic N) is 2. The molecular formula is C18H23FN2O3. The molecule has 2 fully saturated rings. The van der Waals surface area contributed by atoms with Crippen molar-refractivity contribution in [3.63, 3.8) is 0 Å². The maximum atomic E-state index is 13.3. The van der Waals surface area contributed by atoms with Gasteiger partial charge in [-0.05, 0) is 56.5 Å². The number of carboxylic acid groups (broad SMARTS) is 1. The molecule has 2 unspecified atom stereocenters. The van der Waals surface area contributed by atoms with Gasteiger partial charge in [-0.1, -0.05) is 12.1 Å². The molecule has 24 heavy (non-hydrogen) atoms. The molecule has 2 atom stereocenters. The van der Waals surface area contributed by atoms with E-state index in [0.29, 0.717) is 18.5 Å². The molecule has 5 nitrogen and oxygen atoms in total. The van der Waals surface area contributed by atoms with E-state index in [1.54, 1.807) is 12.1 Å². The summed E-state index contributed by atoms with van der Waals surface area (Å²) < 4.78 is 13.3. The molecule has 2 aliphatic heterocycles. The van der Waals surface area contributed by atoms with Gasteiger partial charge in [0, 0.05) is 12.6 Å². The van der Waals surface area contributed by atoms with Crippen LogP contribution in [0.3, 0.4) is 0 Å². The zero-order chi connectivity index (χ0) is 17.1. The van der Waals surface area contributed by atoms with Crippen LogP contribution in [0, 0.1) is 5.82 Å². The monoisotopic (exact) mass is 334 g/mol. The predicted octanol–water partition coefficient (Wildman–Crippen LogP) is 1.91. The van der Waals surface area contributed by atoms with Crippen LogP contribution in [-0.2, 0) is 16.0 Å². The highest BCUT2D eigenvalue weighted by Gasteiger charge is 2.38. The summed E-state index contributed by atoms with van der Waals surface area (Å²) in [5.74, 6) is -1.58. The van der Waals surface area contributed by atoms with Crippen LogP contribution < -0.4 is 0 Å². The highest BCUT2D eigenvalue weighted by Crippen LogP contribution is 2.26. The quantitative estimate of drug-likeness (QED) is 0.914. The van der Waals surface area contributed by atoms with Crippen molar-refractivity contribution >= 4 is 11.9 Å². The van der Waals surface area contributed by atoms with E-state index < -0.39 is 12.0 Å². The lowest BCUT2D eigenvalue weighted by molar-refractivity contribution is -0.153. The average Bonchev–Trinajstić information content (AvgIpc) is 3.08. The van der Waals surface area contributed by atoms with Gasteiger partial charge in [0.1, 0.15) is 11.9 Å². The van der Waals surface area contributed by atoms with E-state index in [-0.39, 0.29) is 24.2 Å². The van der Waals surface area contributed by atoms with E-state index >= 15 is 0 Å². The minimum Gasteiger partial charge on any atom is -0.480 e. The Kier molecular flexibility index (Phi) is 5.14. The third-order valence-corrected chi connectivity index (χ3v) is 5.08. The van der Waals surface area contributed by atoms with E-state index in [0.717, 1.165) is 32.4 Å². The van der Waals surface area contributed by atoms with Crippen LogP contribution in [0.15, 0.2) is 24.3 Å². The molecule has 0 aromatic heterocycles. The van der Waals surface area contributed by atoms with Gasteiger partial charge in [-0.25, -0.2) is 9.18 Å². The lowest BCUT2D eigenvalue weighted by Gasteiger charge is -2.40. The van der Waals surface area contributed by atoms with E-state index in [2.05, 4.69) is 4.90 Å². The van der Waals surface area contributed by atoms with Crippen molar-refractivity contribution in [1.29, 1.82) is 0 Å². The minimum atomic E-state index is -0.952. The molecular weight excluding hydrogens is 311 g/mol. The summed E-state index contributed by atoms with van der Waals surface area (Å²) in [5, 5.41) is 9.56. The Bertz CT molecular complexity index is 616. The smallest absolute Gasteiger partial charge is 0.326 e. The normalized spacial score (nSPS) is 25.0. The first-order chi connectivity index (χ1) is 11.5. The Morgan fingerprint density at radius 3 is 2.62 bits per heavy atom. The standard InChI is InChI=1S/C18H23FN2O3/c19-14-5-3-4-13(10-14)11-17(22)21-9-6-15(12-16(21)18(23)24)20-7-1-2-8-20/h3-5,10,15-16H,1-2,6-9,11-12H2,(H,23,24). The SMILES string of the molecule is O=C(O)C1CC(N2CCCC2)CCN1C(=O)Cc1cccc(F)c1. The first-order valence-electron chi connectivity index (χ1n) is 8.55. The molecule has 6 heteroatoms. The third-order valence-electron chi connectivity index (χ3n) is 5.08. The molecule has 2 heterocycles. The fraction of sp³-hybridized carbons (Fsp3) is 0.556. The van der Waals surface area contributed by atoms with Gasteiger partial charge in [0.15, 0.2) is 0 Å². The van der Waals surface area contributed by atoms with E-state index in [4.69, 9.17) is 0 Å². The lowest BCUT2D eigenvalue weighted by atomic mass is 9.95. The largest absolute Gasteiger partial charge is 0.480 e. The first kappa shape index (κ1) is 16.9. The van der Waals surface area contributed by atoms with Crippen molar-refractivity contribution in [3.8, 4) is 0 Å². The molecule has 1 amide bonds. The molecule has 0 saturated carbocycles. The summed E-state index contributed by atoms with van der Waals surface area (Å²) in [4.78, 5) is 28.0. The summed E-state index contributed by atoms with van der Waals surface area (Å²) in [7, 11) is 0. The molecule has 0 spiro atoms. The Morgan fingerprint density at radius 1 is 1.21 bits per heavy atom.